The van der Waals surface area contributed by atoms with Crippen LogP contribution < -0.4 is 5.73 Å². The monoisotopic (exact) mass is 389 g/mol. The van der Waals surface area contributed by atoms with Gasteiger partial charge in [-0.15, -0.1) is 0 Å². The van der Waals surface area contributed by atoms with Crippen LogP contribution in [-0.2, 0) is 17.8 Å². The minimum absolute atomic E-state index is 0.0978. The quantitative estimate of drug-likeness (QED) is 0.546. The lowest BCUT2D eigenvalue weighted by molar-refractivity contribution is -0.139. The average Bonchev–Trinajstić information content (AvgIpc) is 2.97. The van der Waals surface area contributed by atoms with Gasteiger partial charge in [0, 0.05) is 12.1 Å². The Hall–Kier alpha value is -2.29. The molecule has 2 aromatic carbocycles. The van der Waals surface area contributed by atoms with E-state index in [9.17, 15) is 18.7 Å². The fourth-order valence-electron chi connectivity index (χ4n) is 4.10. The van der Waals surface area contributed by atoms with Crippen molar-refractivity contribution in [2.75, 3.05) is 0 Å². The van der Waals surface area contributed by atoms with Crippen molar-refractivity contribution in [2.45, 2.75) is 38.0 Å². The minimum atomic E-state index is -1.43. The number of rotatable bonds is 7. The average molecular weight is 389 g/mol. The number of benzene rings is 2. The summed E-state index contributed by atoms with van der Waals surface area (Å²) in [5.41, 5.74) is 7.86. The summed E-state index contributed by atoms with van der Waals surface area (Å²) in [6, 6.07) is 6.78. The van der Waals surface area contributed by atoms with Gasteiger partial charge in [0.25, 0.3) is 0 Å². The third-order valence-electron chi connectivity index (χ3n) is 5.40. The Balaban J connectivity index is 2.00. The molecule has 148 valence electrons. The highest BCUT2D eigenvalue weighted by atomic mass is 19.1. The molecule has 0 radical (unpaired) electrons. The molecule has 0 amide bonds. The van der Waals surface area contributed by atoms with Gasteiger partial charge in [-0.1, -0.05) is 12.5 Å². The van der Waals surface area contributed by atoms with Gasteiger partial charge in [0.05, 0.1) is 5.92 Å². The van der Waals surface area contributed by atoms with Crippen LogP contribution in [0.15, 0.2) is 30.3 Å². The van der Waals surface area contributed by atoms with E-state index in [2.05, 4.69) is 0 Å². The van der Waals surface area contributed by atoms with Gasteiger partial charge in [-0.25, -0.2) is 8.78 Å². The summed E-state index contributed by atoms with van der Waals surface area (Å²) in [6.45, 7) is 0.0978. The minimum Gasteiger partial charge on any atom is -0.481 e. The zero-order valence-corrected chi connectivity index (χ0v) is 15.2. The van der Waals surface area contributed by atoms with E-state index in [4.69, 9.17) is 15.8 Å². The van der Waals surface area contributed by atoms with Crippen LogP contribution in [0.5, 0.6) is 0 Å². The Morgan fingerprint density at radius 3 is 2.57 bits per heavy atom. The van der Waals surface area contributed by atoms with E-state index < -0.39 is 30.6 Å². The highest BCUT2D eigenvalue weighted by Gasteiger charge is 2.38. The number of halogens is 2. The summed E-state index contributed by atoms with van der Waals surface area (Å²) in [5, 5.41) is 27.7. The molecule has 5 nitrogen and oxygen atoms in total. The number of carboxylic acids is 1. The van der Waals surface area contributed by atoms with Gasteiger partial charge >= 0.3 is 13.1 Å². The van der Waals surface area contributed by atoms with Crippen LogP contribution in [0.25, 0.3) is 11.1 Å². The molecular weight excluding hydrogens is 367 g/mol. The molecule has 1 aliphatic rings. The lowest BCUT2D eigenvalue weighted by Crippen LogP contribution is -2.18. The van der Waals surface area contributed by atoms with Crippen LogP contribution in [0.1, 0.15) is 35.4 Å². The first-order valence-electron chi connectivity index (χ1n) is 9.22. The molecule has 0 saturated heterocycles. The Morgan fingerprint density at radius 1 is 1.18 bits per heavy atom. The van der Waals surface area contributed by atoms with Gasteiger partial charge in [-0.3, -0.25) is 4.79 Å². The summed E-state index contributed by atoms with van der Waals surface area (Å²) < 4.78 is 28.6. The first kappa shape index (κ1) is 20.4. The third kappa shape index (κ3) is 4.09. The van der Waals surface area contributed by atoms with E-state index in [0.29, 0.717) is 41.5 Å². The van der Waals surface area contributed by atoms with Crippen LogP contribution >= 0.6 is 0 Å². The van der Waals surface area contributed by atoms with Gasteiger partial charge in [0.1, 0.15) is 11.6 Å². The smallest absolute Gasteiger partial charge is 0.451 e. The topological polar surface area (TPSA) is 104 Å². The third-order valence-corrected chi connectivity index (χ3v) is 5.40. The van der Waals surface area contributed by atoms with Crippen molar-refractivity contribution < 1.29 is 28.7 Å². The van der Waals surface area contributed by atoms with Crippen LogP contribution in [0.3, 0.4) is 0 Å². The molecule has 28 heavy (non-hydrogen) atoms. The molecule has 3 rings (SSSR count). The second kappa shape index (κ2) is 8.38. The largest absolute Gasteiger partial charge is 0.481 e. The molecule has 0 spiro atoms. The van der Waals surface area contributed by atoms with E-state index >= 15 is 0 Å². The van der Waals surface area contributed by atoms with E-state index in [1.54, 1.807) is 0 Å². The number of carboxylic acid groups (broad SMARTS) is 1. The Morgan fingerprint density at radius 2 is 1.93 bits per heavy atom. The van der Waals surface area contributed by atoms with Crippen molar-refractivity contribution in [1.82, 2.24) is 0 Å². The second-order valence-electron chi connectivity index (χ2n) is 7.23. The molecule has 0 aliphatic heterocycles. The van der Waals surface area contributed by atoms with Crippen LogP contribution in [0, 0.1) is 17.6 Å². The fourth-order valence-corrected chi connectivity index (χ4v) is 4.10. The lowest BCUT2D eigenvalue weighted by atomic mass is 9.80. The van der Waals surface area contributed by atoms with Gasteiger partial charge in [0.2, 0.25) is 0 Å². The fraction of sp³-hybridized carbons (Fsp3) is 0.350. The normalized spacial score (nSPS) is 18.2. The van der Waals surface area contributed by atoms with Crippen molar-refractivity contribution in [2.24, 2.45) is 11.7 Å². The standard InChI is InChI=1S/C20H22BF2NO4/c22-14-4-3-12(10-24)15(8-14)17-9-16-13(7-18(17)23)6-11(19(16)20(25)26)2-1-5-21(27)28/h3-4,7-9,11,19,27-28H,1-2,5-6,10,24H2,(H,25,26). The van der Waals surface area contributed by atoms with Gasteiger partial charge < -0.3 is 20.9 Å². The molecule has 8 heteroatoms. The van der Waals surface area contributed by atoms with E-state index in [1.165, 1.54) is 30.3 Å². The first-order chi connectivity index (χ1) is 13.3. The summed E-state index contributed by atoms with van der Waals surface area (Å²) >= 11 is 0. The number of carbonyl (C=O) groups is 1. The van der Waals surface area contributed by atoms with E-state index in [1.807, 2.05) is 0 Å². The van der Waals surface area contributed by atoms with Crippen LogP contribution in [0.2, 0.25) is 6.32 Å². The molecule has 5 N–H and O–H groups in total. The Labute approximate surface area is 162 Å². The van der Waals surface area contributed by atoms with E-state index in [-0.39, 0.29) is 24.3 Å². The molecule has 0 bridgehead atoms. The highest BCUT2D eigenvalue weighted by molar-refractivity contribution is 6.40. The summed E-state index contributed by atoms with van der Waals surface area (Å²) in [4.78, 5) is 11.9. The van der Waals surface area contributed by atoms with Gasteiger partial charge in [-0.05, 0) is 71.6 Å². The maximum atomic E-state index is 14.8. The molecule has 2 atom stereocenters. The Bertz CT molecular complexity index is 891. The predicted octanol–water partition coefficient (Wildman–Crippen LogP) is 2.68. The summed E-state index contributed by atoms with van der Waals surface area (Å²) in [6.07, 6.45) is 1.49. The molecule has 2 unspecified atom stereocenters. The molecule has 2 aromatic rings. The highest BCUT2D eigenvalue weighted by Crippen LogP contribution is 2.43. The number of nitrogens with two attached hydrogens (primary N) is 1. The molecule has 0 fully saturated rings. The molecule has 0 saturated carbocycles. The SMILES string of the molecule is NCc1ccc(F)cc1-c1cc2c(cc1F)CC(CCCB(O)O)C2C(=O)O. The molecular formula is C20H22BF2NO4. The zero-order valence-electron chi connectivity index (χ0n) is 15.2. The summed E-state index contributed by atoms with van der Waals surface area (Å²) in [7, 11) is -1.43. The van der Waals surface area contributed by atoms with Crippen molar-refractivity contribution >= 4 is 13.1 Å². The number of fused-ring (bicyclic) bond motifs is 1. The van der Waals surface area contributed by atoms with Crippen LogP contribution in [-0.4, -0.2) is 28.2 Å². The zero-order chi connectivity index (χ0) is 20.4. The molecule has 0 heterocycles. The van der Waals surface area contributed by atoms with E-state index in [0.717, 1.165) is 0 Å². The van der Waals surface area contributed by atoms with Gasteiger partial charge in [0.15, 0.2) is 0 Å². The van der Waals surface area contributed by atoms with Crippen molar-refractivity contribution in [1.29, 1.82) is 0 Å². The lowest BCUT2D eigenvalue weighted by Gasteiger charge is -2.17. The molecule has 1 aliphatic carbocycles. The predicted molar refractivity (Wildman–Crippen MR) is 101 cm³/mol. The summed E-state index contributed by atoms with van der Waals surface area (Å²) in [5.74, 6) is -3.16. The second-order valence-corrected chi connectivity index (χ2v) is 7.23. The van der Waals surface area contributed by atoms with Crippen LogP contribution in [0.4, 0.5) is 8.78 Å². The Kier molecular flexibility index (Phi) is 6.12. The van der Waals surface area contributed by atoms with Gasteiger partial charge in [-0.2, -0.15) is 0 Å². The maximum absolute atomic E-state index is 14.8. The van der Waals surface area contributed by atoms with Crippen molar-refractivity contribution in [3.63, 3.8) is 0 Å². The van der Waals surface area contributed by atoms with Crippen molar-refractivity contribution in [3.8, 4) is 11.1 Å². The number of hydrogen-bond acceptors (Lipinski definition) is 4. The first-order valence-corrected chi connectivity index (χ1v) is 9.22. The number of hydrogen-bond donors (Lipinski definition) is 4. The van der Waals surface area contributed by atoms with Crippen molar-refractivity contribution in [3.05, 3.63) is 58.7 Å². The molecule has 0 aromatic heterocycles. The maximum Gasteiger partial charge on any atom is 0.451 e. The number of aliphatic carboxylic acids is 1.